The molecule has 1 N–H and O–H groups in total. The molecule has 0 saturated carbocycles. The lowest BCUT2D eigenvalue weighted by Gasteiger charge is -2.39. The van der Waals surface area contributed by atoms with Crippen LogP contribution in [0.25, 0.3) is 0 Å². The number of dihydropyridines is 1. The molecule has 0 fully saturated rings. The highest BCUT2D eigenvalue weighted by Gasteiger charge is 2.36. The van der Waals surface area contributed by atoms with Gasteiger partial charge in [-0.05, 0) is 19.2 Å². The van der Waals surface area contributed by atoms with Gasteiger partial charge in [-0.1, -0.05) is 31.8 Å². The highest BCUT2D eigenvalue weighted by Crippen LogP contribution is 2.23. The third kappa shape index (κ3) is 1.56. The topological polar surface area (TPSA) is 12.0 Å². The Morgan fingerprint density at radius 1 is 1.18 bits per heavy atom. The number of hydrogen-bond donors (Lipinski definition) is 1. The van der Waals surface area contributed by atoms with E-state index in [9.17, 15) is 0 Å². The van der Waals surface area contributed by atoms with Gasteiger partial charge in [-0.2, -0.15) is 0 Å². The van der Waals surface area contributed by atoms with E-state index in [4.69, 9.17) is 0 Å². The Morgan fingerprint density at radius 2 is 1.82 bits per heavy atom. The van der Waals surface area contributed by atoms with E-state index in [1.165, 1.54) is 0 Å². The molecule has 0 aromatic rings. The number of rotatable bonds is 1. The molecule has 0 aromatic carbocycles. The summed E-state index contributed by atoms with van der Waals surface area (Å²) in [7, 11) is -1.13. The van der Waals surface area contributed by atoms with E-state index in [2.05, 4.69) is 44.0 Å². The van der Waals surface area contributed by atoms with Gasteiger partial charge in [0.15, 0.2) is 0 Å². The van der Waals surface area contributed by atoms with Crippen molar-refractivity contribution in [1.29, 1.82) is 0 Å². The quantitative estimate of drug-likeness (QED) is 0.591. The average molecular weight is 167 g/mol. The summed E-state index contributed by atoms with van der Waals surface area (Å²) in [5.41, 5.74) is 0. The Bertz CT molecular complexity index is 200. The van der Waals surface area contributed by atoms with E-state index in [1.54, 1.807) is 0 Å². The lowest BCUT2D eigenvalue weighted by molar-refractivity contribution is 0.652. The summed E-state index contributed by atoms with van der Waals surface area (Å²) in [6, 6.07) is 0. The van der Waals surface area contributed by atoms with Crippen molar-refractivity contribution in [2.75, 3.05) is 0 Å². The van der Waals surface area contributed by atoms with E-state index in [1.807, 2.05) is 12.3 Å². The normalized spacial score (nSPS) is 30.2. The molecule has 0 radical (unpaired) electrons. The molecule has 0 spiro atoms. The first-order valence-electron chi connectivity index (χ1n) is 4.08. The van der Waals surface area contributed by atoms with Crippen molar-refractivity contribution >= 4 is 8.07 Å². The van der Waals surface area contributed by atoms with Gasteiger partial charge in [0.1, 0.15) is 0 Å². The molecule has 0 aliphatic carbocycles. The molecule has 2 heteroatoms. The van der Waals surface area contributed by atoms with Crippen molar-refractivity contribution in [1.82, 2.24) is 5.32 Å². The molecule has 0 aromatic heterocycles. The molecule has 1 atom stereocenters. The first kappa shape index (κ1) is 8.59. The molecular weight excluding hydrogens is 150 g/mol. The van der Waals surface area contributed by atoms with Crippen molar-refractivity contribution in [2.45, 2.75) is 31.7 Å². The van der Waals surface area contributed by atoms with Crippen molar-refractivity contribution in [3.05, 3.63) is 24.4 Å². The van der Waals surface area contributed by atoms with Crippen molar-refractivity contribution in [3.8, 4) is 0 Å². The Balaban J connectivity index is 2.84. The minimum atomic E-state index is -1.13. The van der Waals surface area contributed by atoms with Crippen LogP contribution in [0.3, 0.4) is 0 Å². The molecule has 62 valence electrons. The molecule has 1 nitrogen and oxygen atoms in total. The number of nitrogens with one attached hydrogen (secondary N) is 1. The van der Waals surface area contributed by atoms with E-state index in [0.717, 1.165) is 0 Å². The lowest BCUT2D eigenvalue weighted by atomic mass is 10.2. The summed E-state index contributed by atoms with van der Waals surface area (Å²) < 4.78 is 0. The standard InChI is InChI=1S/C9H17NSi/c1-9(11(2,3)4)7-5-6-8-10-9/h5-8,10H,1-4H3. The summed E-state index contributed by atoms with van der Waals surface area (Å²) in [4.78, 5) is 0. The monoisotopic (exact) mass is 167 g/mol. The molecule has 1 aliphatic heterocycles. The van der Waals surface area contributed by atoms with Gasteiger partial charge in [0.05, 0.1) is 8.07 Å². The third-order valence-electron chi connectivity index (χ3n) is 2.58. The highest BCUT2D eigenvalue weighted by molar-refractivity contribution is 6.79. The molecule has 0 amide bonds. The van der Waals surface area contributed by atoms with Gasteiger partial charge in [0, 0.05) is 5.16 Å². The zero-order valence-corrected chi connectivity index (χ0v) is 8.81. The van der Waals surface area contributed by atoms with Gasteiger partial charge in [-0.3, -0.25) is 0 Å². The largest absolute Gasteiger partial charge is 0.385 e. The smallest absolute Gasteiger partial charge is 0.0786 e. The molecule has 1 unspecified atom stereocenters. The average Bonchev–Trinajstić information content (AvgIpc) is 1.87. The van der Waals surface area contributed by atoms with Crippen LogP contribution in [-0.4, -0.2) is 13.2 Å². The lowest BCUT2D eigenvalue weighted by Crippen LogP contribution is -2.57. The van der Waals surface area contributed by atoms with E-state index < -0.39 is 8.07 Å². The third-order valence-corrected chi connectivity index (χ3v) is 6.01. The van der Waals surface area contributed by atoms with Gasteiger partial charge >= 0.3 is 0 Å². The van der Waals surface area contributed by atoms with E-state index >= 15 is 0 Å². The maximum Gasteiger partial charge on any atom is 0.0786 e. The summed E-state index contributed by atoms with van der Waals surface area (Å²) in [5, 5.41) is 3.67. The van der Waals surface area contributed by atoms with Gasteiger partial charge in [-0.15, -0.1) is 0 Å². The second-order valence-electron chi connectivity index (χ2n) is 4.31. The zero-order valence-electron chi connectivity index (χ0n) is 7.81. The Kier molecular flexibility index (Phi) is 1.97. The van der Waals surface area contributed by atoms with Gasteiger partial charge in [-0.25, -0.2) is 0 Å². The SMILES string of the molecule is CC1([Si](C)(C)C)C=CC=CN1. The second-order valence-corrected chi connectivity index (χ2v) is 9.85. The van der Waals surface area contributed by atoms with Crippen LogP contribution in [0.4, 0.5) is 0 Å². The predicted octanol–water partition coefficient (Wildman–Crippen LogP) is 2.30. The molecular formula is C9H17NSi. The maximum absolute atomic E-state index is 3.43. The Morgan fingerprint density at radius 3 is 2.09 bits per heavy atom. The van der Waals surface area contributed by atoms with Crippen LogP contribution < -0.4 is 5.32 Å². The molecule has 0 bridgehead atoms. The fourth-order valence-corrected chi connectivity index (χ4v) is 2.15. The van der Waals surface area contributed by atoms with E-state index in [0.29, 0.717) is 0 Å². The van der Waals surface area contributed by atoms with Gasteiger partial charge in [0.2, 0.25) is 0 Å². The first-order chi connectivity index (χ1) is 4.96. The zero-order chi connectivity index (χ0) is 8.54. The van der Waals surface area contributed by atoms with Gasteiger partial charge in [0.25, 0.3) is 0 Å². The summed E-state index contributed by atoms with van der Waals surface area (Å²) in [5.74, 6) is 0. The van der Waals surface area contributed by atoms with Crippen molar-refractivity contribution in [2.24, 2.45) is 0 Å². The first-order valence-corrected chi connectivity index (χ1v) is 7.58. The van der Waals surface area contributed by atoms with Crippen LogP contribution in [0.15, 0.2) is 24.4 Å². The van der Waals surface area contributed by atoms with Crippen LogP contribution in [-0.2, 0) is 0 Å². The minimum absolute atomic E-state index is 0.238. The van der Waals surface area contributed by atoms with Crippen LogP contribution in [0.2, 0.25) is 19.6 Å². The number of hydrogen-bond acceptors (Lipinski definition) is 1. The molecule has 1 heterocycles. The van der Waals surface area contributed by atoms with Crippen LogP contribution in [0.1, 0.15) is 6.92 Å². The highest BCUT2D eigenvalue weighted by atomic mass is 28.3. The van der Waals surface area contributed by atoms with Crippen LogP contribution in [0, 0.1) is 0 Å². The second kappa shape index (κ2) is 2.52. The summed E-state index contributed by atoms with van der Waals surface area (Å²) >= 11 is 0. The van der Waals surface area contributed by atoms with Crippen molar-refractivity contribution in [3.63, 3.8) is 0 Å². The molecule has 0 saturated heterocycles. The summed E-state index contributed by atoms with van der Waals surface area (Å²) in [6.07, 6.45) is 8.49. The van der Waals surface area contributed by atoms with Crippen LogP contribution in [0.5, 0.6) is 0 Å². The fourth-order valence-electron chi connectivity index (χ4n) is 1.04. The molecule has 11 heavy (non-hydrogen) atoms. The van der Waals surface area contributed by atoms with Crippen molar-refractivity contribution < 1.29 is 0 Å². The van der Waals surface area contributed by atoms with E-state index in [-0.39, 0.29) is 5.16 Å². The van der Waals surface area contributed by atoms with Gasteiger partial charge < -0.3 is 5.32 Å². The fraction of sp³-hybridized carbons (Fsp3) is 0.556. The molecule has 1 rings (SSSR count). The predicted molar refractivity (Wildman–Crippen MR) is 53.2 cm³/mol. The summed E-state index contributed by atoms with van der Waals surface area (Å²) in [6.45, 7) is 9.41. The van der Waals surface area contributed by atoms with Crippen LogP contribution >= 0.6 is 0 Å². The Hall–Kier alpha value is -0.503. The minimum Gasteiger partial charge on any atom is -0.385 e. The maximum atomic E-state index is 3.43. The molecule has 1 aliphatic rings. The Labute approximate surface area is 70.2 Å². The number of allylic oxidation sites excluding steroid dienone is 2.